The molecule has 0 radical (unpaired) electrons. The Hall–Kier alpha value is -2.66. The molecule has 2 aromatic carbocycles. The molecule has 0 saturated heterocycles. The highest BCUT2D eigenvalue weighted by atomic mass is 35.5. The van der Waals surface area contributed by atoms with E-state index in [1.807, 2.05) is 60.7 Å². The zero-order valence-corrected chi connectivity index (χ0v) is 28.5. The fraction of sp³-hybridized carbons (Fsp3) is 0.615. The van der Waals surface area contributed by atoms with E-state index in [0.717, 1.165) is 81.8 Å². The number of esters is 2. The minimum Gasteiger partial charge on any atom is -0.461 e. The lowest BCUT2D eigenvalue weighted by atomic mass is 9.78. The summed E-state index contributed by atoms with van der Waals surface area (Å²) < 4.78 is 11.1. The molecule has 0 N–H and O–H groups in total. The lowest BCUT2D eigenvalue weighted by Gasteiger charge is -2.28. The van der Waals surface area contributed by atoms with Gasteiger partial charge in [0.2, 0.25) is 5.24 Å². The minimum absolute atomic E-state index is 0.138. The van der Waals surface area contributed by atoms with Crippen LogP contribution in [0.1, 0.15) is 146 Å². The van der Waals surface area contributed by atoms with Crippen LogP contribution in [0.3, 0.4) is 0 Å². The predicted molar refractivity (Wildman–Crippen MR) is 184 cm³/mol. The molecule has 0 saturated carbocycles. The Kier molecular flexibility index (Phi) is 21.0. The third-order valence-electron chi connectivity index (χ3n) is 8.66. The highest BCUT2D eigenvalue weighted by Crippen LogP contribution is 2.36. The van der Waals surface area contributed by atoms with Crippen molar-refractivity contribution in [1.29, 1.82) is 0 Å². The molecule has 0 spiro atoms. The van der Waals surface area contributed by atoms with E-state index in [-0.39, 0.29) is 12.6 Å². The van der Waals surface area contributed by atoms with Crippen LogP contribution in [0.4, 0.5) is 0 Å². The second-order valence-corrected chi connectivity index (χ2v) is 12.8. The van der Waals surface area contributed by atoms with Gasteiger partial charge in [-0.15, -0.1) is 0 Å². The molecule has 5 nitrogen and oxygen atoms in total. The largest absolute Gasteiger partial charge is 0.461 e. The second kappa shape index (κ2) is 24.6. The summed E-state index contributed by atoms with van der Waals surface area (Å²) in [6.07, 6.45) is 19.8. The third-order valence-corrected chi connectivity index (χ3v) is 9.03. The molecule has 0 aliphatic heterocycles. The van der Waals surface area contributed by atoms with E-state index in [1.54, 1.807) is 0 Å². The summed E-state index contributed by atoms with van der Waals surface area (Å²) in [4.78, 5) is 38.2. The zero-order valence-electron chi connectivity index (χ0n) is 27.7. The average molecular weight is 641 g/mol. The molecule has 0 amide bonds. The van der Waals surface area contributed by atoms with Crippen molar-refractivity contribution in [1.82, 2.24) is 0 Å². The Labute approximate surface area is 277 Å². The van der Waals surface area contributed by atoms with E-state index in [9.17, 15) is 14.4 Å². The molecule has 45 heavy (non-hydrogen) atoms. The van der Waals surface area contributed by atoms with Gasteiger partial charge in [-0.05, 0) is 42.0 Å². The van der Waals surface area contributed by atoms with Crippen LogP contribution in [0.5, 0.6) is 0 Å². The van der Waals surface area contributed by atoms with Gasteiger partial charge in [0.25, 0.3) is 0 Å². The predicted octanol–water partition coefficient (Wildman–Crippen LogP) is 11.0. The highest BCUT2D eigenvalue weighted by Gasteiger charge is 2.45. The molecule has 0 heterocycles. The average Bonchev–Trinajstić information content (AvgIpc) is 3.06. The van der Waals surface area contributed by atoms with Crippen LogP contribution in [0.2, 0.25) is 0 Å². The number of carbonyl (C=O) groups is 3. The lowest BCUT2D eigenvalue weighted by molar-refractivity contribution is -0.161. The van der Waals surface area contributed by atoms with E-state index < -0.39 is 16.6 Å². The topological polar surface area (TPSA) is 69.7 Å². The number of hydrogen-bond donors (Lipinski definition) is 0. The smallest absolute Gasteiger partial charge is 0.321 e. The van der Waals surface area contributed by atoms with Gasteiger partial charge in [0.05, 0.1) is 0 Å². The summed E-state index contributed by atoms with van der Waals surface area (Å²) in [7, 11) is 0. The number of hydrogen-bond acceptors (Lipinski definition) is 5. The number of ether oxygens (including phenoxy) is 2. The van der Waals surface area contributed by atoms with Crippen LogP contribution in [-0.4, -0.2) is 17.2 Å². The molecule has 0 aromatic heterocycles. The molecular weight excluding hydrogens is 584 g/mol. The van der Waals surface area contributed by atoms with Gasteiger partial charge in [0.15, 0.2) is 0 Å². The summed E-state index contributed by atoms with van der Waals surface area (Å²) in [5, 5.41) is -0.581. The van der Waals surface area contributed by atoms with Gasteiger partial charge in [-0.25, -0.2) is 0 Å². The SMILES string of the molecule is CCCCCCCCCCC[C@@](CCCCCCCCCCC(=O)OCc1ccccc1)(C(=O)Cl)C(=O)OCc1ccccc1. The maximum atomic E-state index is 13.4. The van der Waals surface area contributed by atoms with Crippen molar-refractivity contribution < 1.29 is 23.9 Å². The molecule has 1 atom stereocenters. The van der Waals surface area contributed by atoms with Crippen LogP contribution < -0.4 is 0 Å². The second-order valence-electron chi connectivity index (χ2n) is 12.5. The Morgan fingerprint density at radius 1 is 0.556 bits per heavy atom. The monoisotopic (exact) mass is 640 g/mol. The zero-order chi connectivity index (χ0) is 32.4. The summed E-state index contributed by atoms with van der Waals surface area (Å²) in [5.74, 6) is -0.617. The van der Waals surface area contributed by atoms with Crippen molar-refractivity contribution in [3.05, 3.63) is 71.8 Å². The van der Waals surface area contributed by atoms with Gasteiger partial charge in [0, 0.05) is 6.42 Å². The van der Waals surface area contributed by atoms with Crippen LogP contribution in [0.25, 0.3) is 0 Å². The maximum absolute atomic E-state index is 13.4. The Morgan fingerprint density at radius 2 is 0.956 bits per heavy atom. The van der Waals surface area contributed by atoms with Gasteiger partial charge < -0.3 is 9.47 Å². The number of carbonyl (C=O) groups excluding carboxylic acids is 3. The van der Waals surface area contributed by atoms with Gasteiger partial charge in [0.1, 0.15) is 18.6 Å². The summed E-state index contributed by atoms with van der Waals surface area (Å²) in [6.45, 7) is 2.71. The van der Waals surface area contributed by atoms with E-state index in [1.165, 1.54) is 38.5 Å². The van der Waals surface area contributed by atoms with Crippen LogP contribution in [0.15, 0.2) is 60.7 Å². The summed E-state index contributed by atoms with van der Waals surface area (Å²) in [5.41, 5.74) is 0.632. The van der Waals surface area contributed by atoms with Gasteiger partial charge >= 0.3 is 11.9 Å². The normalized spacial score (nSPS) is 12.4. The molecule has 0 fully saturated rings. The fourth-order valence-electron chi connectivity index (χ4n) is 5.77. The molecule has 6 heteroatoms. The van der Waals surface area contributed by atoms with Gasteiger partial charge in [-0.3, -0.25) is 14.4 Å². The van der Waals surface area contributed by atoms with E-state index in [4.69, 9.17) is 21.1 Å². The summed E-state index contributed by atoms with van der Waals surface area (Å²) in [6, 6.07) is 19.3. The Bertz CT molecular complexity index is 1060. The lowest BCUT2D eigenvalue weighted by Crippen LogP contribution is -2.38. The number of halogens is 1. The first-order valence-electron chi connectivity index (χ1n) is 17.6. The first-order valence-corrected chi connectivity index (χ1v) is 18.0. The van der Waals surface area contributed by atoms with Crippen LogP contribution in [-0.2, 0) is 37.1 Å². The molecule has 250 valence electrons. The number of benzene rings is 2. The fourth-order valence-corrected chi connectivity index (χ4v) is 6.04. The van der Waals surface area contributed by atoms with Crippen LogP contribution >= 0.6 is 11.6 Å². The first-order chi connectivity index (χ1) is 22.0. The van der Waals surface area contributed by atoms with Crippen molar-refractivity contribution >= 4 is 28.8 Å². The standard InChI is InChI=1S/C39H57ClO5/c1-2-3-4-5-6-8-11-14-23-30-39(37(40)42,38(43)45-33-35-27-20-17-21-28-35)31-24-15-12-9-7-10-13-22-29-36(41)44-32-34-25-18-16-19-26-34/h16-21,25-28H,2-15,22-24,29-33H2,1H3/t39-/m1/s1. The van der Waals surface area contributed by atoms with E-state index in [0.29, 0.717) is 25.9 Å². The molecule has 2 aromatic rings. The maximum Gasteiger partial charge on any atom is 0.321 e. The van der Waals surface area contributed by atoms with Crippen LogP contribution in [0, 0.1) is 5.41 Å². The van der Waals surface area contributed by atoms with Gasteiger partial charge in [-0.1, -0.05) is 170 Å². The number of rotatable bonds is 27. The van der Waals surface area contributed by atoms with Crippen molar-refractivity contribution in [2.75, 3.05) is 0 Å². The molecule has 0 bridgehead atoms. The van der Waals surface area contributed by atoms with Crippen molar-refractivity contribution in [3.8, 4) is 0 Å². The molecule has 0 unspecified atom stereocenters. The molecule has 0 aliphatic rings. The van der Waals surface area contributed by atoms with Crippen molar-refractivity contribution in [2.45, 2.75) is 149 Å². The highest BCUT2D eigenvalue weighted by molar-refractivity contribution is 6.66. The van der Waals surface area contributed by atoms with Crippen molar-refractivity contribution in [2.24, 2.45) is 5.41 Å². The number of unbranched alkanes of at least 4 members (excludes halogenated alkanes) is 15. The third kappa shape index (κ3) is 17.0. The van der Waals surface area contributed by atoms with E-state index in [2.05, 4.69) is 6.92 Å². The molecule has 0 aliphatic carbocycles. The minimum atomic E-state index is -1.27. The Balaban J connectivity index is 1.69. The molecular formula is C39H57ClO5. The quantitative estimate of drug-likeness (QED) is 0.0420. The summed E-state index contributed by atoms with van der Waals surface area (Å²) >= 11 is 6.20. The van der Waals surface area contributed by atoms with Gasteiger partial charge in [-0.2, -0.15) is 0 Å². The molecule has 2 rings (SSSR count). The Morgan fingerprint density at radius 3 is 1.40 bits per heavy atom. The van der Waals surface area contributed by atoms with E-state index >= 15 is 0 Å². The first kappa shape index (κ1) is 38.5. The van der Waals surface area contributed by atoms with Crippen molar-refractivity contribution in [3.63, 3.8) is 0 Å².